The predicted octanol–water partition coefficient (Wildman–Crippen LogP) is 3.76. The first-order chi connectivity index (χ1) is 8.25. The van der Waals surface area contributed by atoms with E-state index in [1.807, 2.05) is 0 Å². The minimum absolute atomic E-state index is 0.315. The Morgan fingerprint density at radius 1 is 1.18 bits per heavy atom. The third kappa shape index (κ3) is 3.62. The summed E-state index contributed by atoms with van der Waals surface area (Å²) in [6.07, 6.45) is 7.76. The maximum atomic E-state index is 12.9. The maximum Gasteiger partial charge on any atom is 0.142 e. The van der Waals surface area contributed by atoms with Gasteiger partial charge in [-0.25, -0.2) is 4.39 Å². The normalized spacial score (nSPS) is 17.7. The van der Waals surface area contributed by atoms with Gasteiger partial charge < -0.3 is 10.5 Å². The summed E-state index contributed by atoms with van der Waals surface area (Å²) >= 11 is 0. The molecule has 0 aromatic heterocycles. The first-order valence-electron chi connectivity index (χ1n) is 6.43. The minimum atomic E-state index is -0.315. The van der Waals surface area contributed by atoms with Crippen molar-refractivity contribution in [2.45, 2.75) is 38.5 Å². The number of nitrogens with two attached hydrogens (primary N) is 1. The molecule has 0 amide bonds. The van der Waals surface area contributed by atoms with Gasteiger partial charge in [-0.1, -0.05) is 25.7 Å². The van der Waals surface area contributed by atoms with Crippen LogP contribution >= 0.6 is 0 Å². The van der Waals surface area contributed by atoms with E-state index in [-0.39, 0.29) is 5.82 Å². The number of nitrogen functional groups attached to an aromatic ring is 1. The van der Waals surface area contributed by atoms with Crippen molar-refractivity contribution >= 4 is 5.69 Å². The highest BCUT2D eigenvalue weighted by Crippen LogP contribution is 2.26. The van der Waals surface area contributed by atoms with Crippen molar-refractivity contribution in [1.82, 2.24) is 0 Å². The van der Waals surface area contributed by atoms with E-state index in [2.05, 4.69) is 0 Å². The molecule has 0 saturated heterocycles. The van der Waals surface area contributed by atoms with Crippen LogP contribution in [0.1, 0.15) is 38.5 Å². The van der Waals surface area contributed by atoms with Crippen molar-refractivity contribution in [1.29, 1.82) is 0 Å². The Kier molecular flexibility index (Phi) is 4.24. The summed E-state index contributed by atoms with van der Waals surface area (Å²) in [6.45, 7) is 0.704. The topological polar surface area (TPSA) is 35.2 Å². The van der Waals surface area contributed by atoms with Crippen LogP contribution in [0.4, 0.5) is 10.1 Å². The van der Waals surface area contributed by atoms with Crippen LogP contribution in [-0.2, 0) is 0 Å². The molecule has 0 heterocycles. The zero-order chi connectivity index (χ0) is 12.1. The quantitative estimate of drug-likeness (QED) is 0.641. The molecule has 1 aromatic rings. The van der Waals surface area contributed by atoms with E-state index in [1.54, 1.807) is 6.07 Å². The van der Waals surface area contributed by atoms with Gasteiger partial charge in [-0.3, -0.25) is 0 Å². The van der Waals surface area contributed by atoms with Gasteiger partial charge in [-0.2, -0.15) is 0 Å². The Morgan fingerprint density at radius 2 is 1.88 bits per heavy atom. The molecule has 0 unspecified atom stereocenters. The second-order valence-corrected chi connectivity index (χ2v) is 4.85. The molecule has 1 fully saturated rings. The molecule has 94 valence electrons. The SMILES string of the molecule is Nc1cc(F)ccc1OCC1CCCCCC1. The van der Waals surface area contributed by atoms with Crippen LogP contribution in [0.25, 0.3) is 0 Å². The third-order valence-corrected chi connectivity index (χ3v) is 3.42. The van der Waals surface area contributed by atoms with Crippen molar-refractivity contribution < 1.29 is 9.13 Å². The van der Waals surface area contributed by atoms with Crippen molar-refractivity contribution in [3.05, 3.63) is 24.0 Å². The summed E-state index contributed by atoms with van der Waals surface area (Å²) in [7, 11) is 0. The number of halogens is 1. The van der Waals surface area contributed by atoms with Crippen LogP contribution in [-0.4, -0.2) is 6.61 Å². The number of hydrogen-bond acceptors (Lipinski definition) is 2. The lowest BCUT2D eigenvalue weighted by molar-refractivity contribution is 0.234. The largest absolute Gasteiger partial charge is 0.491 e. The van der Waals surface area contributed by atoms with Crippen LogP contribution in [0.5, 0.6) is 5.75 Å². The molecular weight excluding hydrogens is 217 g/mol. The number of ether oxygens (including phenoxy) is 1. The highest BCUT2D eigenvalue weighted by Gasteiger charge is 2.13. The van der Waals surface area contributed by atoms with Gasteiger partial charge in [0, 0.05) is 6.07 Å². The summed E-state index contributed by atoms with van der Waals surface area (Å²) in [5.74, 6) is 0.918. The average Bonchev–Trinajstić information content (AvgIpc) is 2.56. The molecule has 2 N–H and O–H groups in total. The lowest BCUT2D eigenvalue weighted by Crippen LogP contribution is -2.12. The van der Waals surface area contributed by atoms with Gasteiger partial charge >= 0.3 is 0 Å². The smallest absolute Gasteiger partial charge is 0.142 e. The molecule has 1 aliphatic rings. The Bertz CT molecular complexity index is 359. The van der Waals surface area contributed by atoms with Gasteiger partial charge in [0.2, 0.25) is 0 Å². The Labute approximate surface area is 102 Å². The first kappa shape index (κ1) is 12.2. The molecule has 1 aliphatic carbocycles. The van der Waals surface area contributed by atoms with E-state index in [9.17, 15) is 4.39 Å². The lowest BCUT2D eigenvalue weighted by Gasteiger charge is -2.16. The molecule has 2 nitrogen and oxygen atoms in total. The third-order valence-electron chi connectivity index (χ3n) is 3.42. The van der Waals surface area contributed by atoms with Gasteiger partial charge in [0.1, 0.15) is 11.6 Å². The van der Waals surface area contributed by atoms with E-state index in [0.29, 0.717) is 24.0 Å². The molecule has 2 rings (SSSR count). The number of rotatable bonds is 3. The highest BCUT2D eigenvalue weighted by molar-refractivity contribution is 5.52. The zero-order valence-corrected chi connectivity index (χ0v) is 10.1. The van der Waals surface area contributed by atoms with Crippen molar-refractivity contribution in [3.8, 4) is 5.75 Å². The standard InChI is InChI=1S/C14H20FNO/c15-12-7-8-14(13(16)9-12)17-10-11-5-3-1-2-4-6-11/h7-9,11H,1-6,10,16H2. The molecule has 0 spiro atoms. The van der Waals surface area contributed by atoms with Crippen LogP contribution < -0.4 is 10.5 Å². The van der Waals surface area contributed by atoms with E-state index in [1.165, 1.54) is 50.7 Å². The Balaban J connectivity index is 1.88. The fourth-order valence-electron chi connectivity index (χ4n) is 2.39. The second-order valence-electron chi connectivity index (χ2n) is 4.85. The van der Waals surface area contributed by atoms with E-state index in [0.717, 1.165) is 0 Å². The van der Waals surface area contributed by atoms with Gasteiger partial charge in [0.05, 0.1) is 12.3 Å². The fourth-order valence-corrected chi connectivity index (χ4v) is 2.39. The van der Waals surface area contributed by atoms with Gasteiger partial charge in [0.15, 0.2) is 0 Å². The monoisotopic (exact) mass is 237 g/mol. The van der Waals surface area contributed by atoms with Crippen LogP contribution in [0.15, 0.2) is 18.2 Å². The second kappa shape index (κ2) is 5.89. The predicted molar refractivity (Wildman–Crippen MR) is 67.5 cm³/mol. The summed E-state index contributed by atoms with van der Waals surface area (Å²) in [6, 6.07) is 4.31. The number of anilines is 1. The summed E-state index contributed by atoms with van der Waals surface area (Å²) in [5.41, 5.74) is 6.09. The summed E-state index contributed by atoms with van der Waals surface area (Å²) in [5, 5.41) is 0. The molecule has 0 aliphatic heterocycles. The van der Waals surface area contributed by atoms with Crippen molar-refractivity contribution in [2.75, 3.05) is 12.3 Å². The first-order valence-corrected chi connectivity index (χ1v) is 6.43. The Hall–Kier alpha value is -1.25. The summed E-state index contributed by atoms with van der Waals surface area (Å²) < 4.78 is 18.6. The van der Waals surface area contributed by atoms with E-state index >= 15 is 0 Å². The van der Waals surface area contributed by atoms with Crippen molar-refractivity contribution in [3.63, 3.8) is 0 Å². The number of hydrogen-bond donors (Lipinski definition) is 1. The maximum absolute atomic E-state index is 12.9. The average molecular weight is 237 g/mol. The molecule has 1 saturated carbocycles. The van der Waals surface area contributed by atoms with Crippen molar-refractivity contribution in [2.24, 2.45) is 5.92 Å². The van der Waals surface area contributed by atoms with E-state index < -0.39 is 0 Å². The van der Waals surface area contributed by atoms with Gasteiger partial charge in [-0.15, -0.1) is 0 Å². The van der Waals surface area contributed by atoms with Crippen LogP contribution in [0.2, 0.25) is 0 Å². The van der Waals surface area contributed by atoms with Gasteiger partial charge in [0.25, 0.3) is 0 Å². The molecular formula is C14H20FNO. The zero-order valence-electron chi connectivity index (χ0n) is 10.1. The fraction of sp³-hybridized carbons (Fsp3) is 0.571. The van der Waals surface area contributed by atoms with Crippen LogP contribution in [0, 0.1) is 11.7 Å². The Morgan fingerprint density at radius 3 is 2.53 bits per heavy atom. The minimum Gasteiger partial charge on any atom is -0.491 e. The van der Waals surface area contributed by atoms with E-state index in [4.69, 9.17) is 10.5 Å². The number of benzene rings is 1. The van der Waals surface area contributed by atoms with Gasteiger partial charge in [-0.05, 0) is 30.9 Å². The molecule has 17 heavy (non-hydrogen) atoms. The molecule has 3 heteroatoms. The highest BCUT2D eigenvalue weighted by atomic mass is 19.1. The molecule has 0 bridgehead atoms. The summed E-state index contributed by atoms with van der Waals surface area (Å²) in [4.78, 5) is 0. The lowest BCUT2D eigenvalue weighted by atomic mass is 10.0. The molecule has 0 atom stereocenters. The van der Waals surface area contributed by atoms with Crippen LogP contribution in [0.3, 0.4) is 0 Å². The molecule has 1 aromatic carbocycles. The molecule has 0 radical (unpaired) electrons.